The highest BCUT2D eigenvalue weighted by Gasteiger charge is 2.13. The molecule has 4 nitrogen and oxygen atoms in total. The van der Waals surface area contributed by atoms with E-state index in [1.54, 1.807) is 0 Å². The Morgan fingerprint density at radius 1 is 1.32 bits per heavy atom. The molecule has 0 aliphatic carbocycles. The van der Waals surface area contributed by atoms with E-state index in [2.05, 4.69) is 47.1 Å². The molecule has 1 aliphatic rings. The molecule has 1 aliphatic heterocycles. The number of likely N-dealkylation sites (N-methyl/N-ethyl adjacent to an activating group) is 1. The first-order valence-electron chi connectivity index (χ1n) is 7.07. The van der Waals surface area contributed by atoms with Gasteiger partial charge in [-0.1, -0.05) is 6.07 Å². The fraction of sp³-hybridized carbons (Fsp3) is 0.533. The van der Waals surface area contributed by atoms with E-state index in [0.717, 1.165) is 44.5 Å². The summed E-state index contributed by atoms with van der Waals surface area (Å²) in [5.41, 5.74) is 3.83. The second-order valence-corrected chi connectivity index (χ2v) is 5.56. The van der Waals surface area contributed by atoms with Gasteiger partial charge in [0.15, 0.2) is 0 Å². The predicted octanol–water partition coefficient (Wildman–Crippen LogP) is 1.29. The van der Waals surface area contributed by atoms with Crippen molar-refractivity contribution in [1.29, 1.82) is 0 Å². The van der Waals surface area contributed by atoms with Gasteiger partial charge in [-0.2, -0.15) is 0 Å². The van der Waals surface area contributed by atoms with Crippen molar-refractivity contribution in [3.05, 3.63) is 29.6 Å². The van der Waals surface area contributed by atoms with Gasteiger partial charge in [0.2, 0.25) is 0 Å². The van der Waals surface area contributed by atoms with Crippen LogP contribution in [-0.2, 0) is 19.4 Å². The Kier molecular flexibility index (Phi) is 3.53. The maximum Gasteiger partial charge on any atom is 0.111 e. The maximum atomic E-state index is 4.81. The van der Waals surface area contributed by atoms with Crippen LogP contribution in [-0.4, -0.2) is 48.2 Å². The number of hydrogen-bond acceptors (Lipinski definition) is 3. The van der Waals surface area contributed by atoms with Crippen molar-refractivity contribution < 1.29 is 0 Å². The molecule has 0 amide bonds. The number of nitrogens with zero attached hydrogens (tertiary/aromatic N) is 3. The van der Waals surface area contributed by atoms with E-state index < -0.39 is 0 Å². The van der Waals surface area contributed by atoms with E-state index in [0.29, 0.717) is 0 Å². The molecule has 0 saturated heterocycles. The molecular weight excluding hydrogens is 236 g/mol. The zero-order valence-corrected chi connectivity index (χ0v) is 11.8. The summed E-state index contributed by atoms with van der Waals surface area (Å²) < 4.78 is 2.37. The SMILES string of the molecule is CN(C)CCc1ccc2c(c1)nc1n2CCNCC1. The minimum Gasteiger partial charge on any atom is -0.327 e. The molecule has 1 aromatic heterocycles. The second kappa shape index (κ2) is 5.31. The third-order valence-corrected chi connectivity index (χ3v) is 3.78. The molecule has 0 spiro atoms. The molecule has 4 heteroatoms. The van der Waals surface area contributed by atoms with Crippen molar-refractivity contribution in [2.24, 2.45) is 0 Å². The zero-order chi connectivity index (χ0) is 13.2. The highest BCUT2D eigenvalue weighted by Crippen LogP contribution is 2.19. The minimum absolute atomic E-state index is 1.03. The first-order chi connectivity index (χ1) is 9.24. The summed E-state index contributed by atoms with van der Waals surface area (Å²) in [7, 11) is 4.23. The summed E-state index contributed by atoms with van der Waals surface area (Å²) in [5.74, 6) is 1.23. The van der Waals surface area contributed by atoms with Crippen molar-refractivity contribution in [3.63, 3.8) is 0 Å². The van der Waals surface area contributed by atoms with Crippen molar-refractivity contribution in [2.75, 3.05) is 33.7 Å². The van der Waals surface area contributed by atoms with Crippen LogP contribution in [0.3, 0.4) is 0 Å². The Morgan fingerprint density at radius 2 is 2.21 bits per heavy atom. The molecule has 0 bridgehead atoms. The summed E-state index contributed by atoms with van der Waals surface area (Å²) in [6.07, 6.45) is 2.12. The van der Waals surface area contributed by atoms with Crippen LogP contribution < -0.4 is 5.32 Å². The number of benzene rings is 1. The van der Waals surface area contributed by atoms with Crippen LogP contribution in [0.5, 0.6) is 0 Å². The van der Waals surface area contributed by atoms with Gasteiger partial charge in [-0.15, -0.1) is 0 Å². The van der Waals surface area contributed by atoms with Crippen molar-refractivity contribution in [2.45, 2.75) is 19.4 Å². The van der Waals surface area contributed by atoms with E-state index in [-0.39, 0.29) is 0 Å². The molecule has 0 fully saturated rings. The van der Waals surface area contributed by atoms with Crippen LogP contribution in [0.2, 0.25) is 0 Å². The summed E-state index contributed by atoms with van der Waals surface area (Å²) >= 11 is 0. The lowest BCUT2D eigenvalue weighted by Crippen LogP contribution is -2.17. The summed E-state index contributed by atoms with van der Waals surface area (Å²) in [5, 5.41) is 3.42. The number of fused-ring (bicyclic) bond motifs is 3. The lowest BCUT2D eigenvalue weighted by molar-refractivity contribution is 0.414. The number of nitrogens with one attached hydrogen (secondary N) is 1. The Hall–Kier alpha value is -1.39. The van der Waals surface area contributed by atoms with Gasteiger partial charge >= 0.3 is 0 Å². The average Bonchev–Trinajstić information content (AvgIpc) is 2.57. The van der Waals surface area contributed by atoms with Crippen LogP contribution in [0.1, 0.15) is 11.4 Å². The van der Waals surface area contributed by atoms with Crippen LogP contribution in [0.25, 0.3) is 11.0 Å². The van der Waals surface area contributed by atoms with Crippen molar-refractivity contribution >= 4 is 11.0 Å². The third-order valence-electron chi connectivity index (χ3n) is 3.78. The van der Waals surface area contributed by atoms with Crippen molar-refractivity contribution in [1.82, 2.24) is 19.8 Å². The Bertz CT molecular complexity index is 571. The van der Waals surface area contributed by atoms with Crippen molar-refractivity contribution in [3.8, 4) is 0 Å². The molecular formula is C15H22N4. The molecule has 102 valence electrons. The third kappa shape index (κ3) is 2.65. The Morgan fingerprint density at radius 3 is 3.05 bits per heavy atom. The van der Waals surface area contributed by atoms with Gasteiger partial charge in [-0.3, -0.25) is 0 Å². The molecule has 3 rings (SSSR count). The lowest BCUT2D eigenvalue weighted by Gasteiger charge is -2.09. The van der Waals surface area contributed by atoms with Gasteiger partial charge in [0.25, 0.3) is 0 Å². The van der Waals surface area contributed by atoms with Crippen LogP contribution in [0.15, 0.2) is 18.2 Å². The number of hydrogen-bond donors (Lipinski definition) is 1. The monoisotopic (exact) mass is 258 g/mol. The summed E-state index contributed by atoms with van der Waals surface area (Å²) in [6.45, 7) is 4.20. The minimum atomic E-state index is 1.03. The molecule has 1 aromatic carbocycles. The Balaban J connectivity index is 1.92. The van der Waals surface area contributed by atoms with Crippen LogP contribution >= 0.6 is 0 Å². The van der Waals surface area contributed by atoms with E-state index >= 15 is 0 Å². The van der Waals surface area contributed by atoms with Gasteiger partial charge < -0.3 is 14.8 Å². The average molecular weight is 258 g/mol. The summed E-state index contributed by atoms with van der Waals surface area (Å²) in [4.78, 5) is 7.03. The Labute approximate surface area is 114 Å². The quantitative estimate of drug-likeness (QED) is 0.900. The molecule has 19 heavy (non-hydrogen) atoms. The van der Waals surface area contributed by atoms with Crippen LogP contribution in [0.4, 0.5) is 0 Å². The topological polar surface area (TPSA) is 33.1 Å². The zero-order valence-electron chi connectivity index (χ0n) is 11.8. The highest BCUT2D eigenvalue weighted by atomic mass is 15.1. The predicted molar refractivity (Wildman–Crippen MR) is 78.6 cm³/mol. The van der Waals surface area contributed by atoms with Crippen LogP contribution in [0, 0.1) is 0 Å². The largest absolute Gasteiger partial charge is 0.327 e. The fourth-order valence-corrected chi connectivity index (χ4v) is 2.69. The fourth-order valence-electron chi connectivity index (χ4n) is 2.69. The van der Waals surface area contributed by atoms with Gasteiger partial charge in [-0.05, 0) is 38.2 Å². The first kappa shape index (κ1) is 12.6. The smallest absolute Gasteiger partial charge is 0.111 e. The molecule has 2 aromatic rings. The number of rotatable bonds is 3. The number of imidazole rings is 1. The molecule has 0 radical (unpaired) electrons. The molecule has 1 N–H and O–H groups in total. The normalized spacial score (nSPS) is 15.7. The lowest BCUT2D eigenvalue weighted by atomic mass is 10.1. The highest BCUT2D eigenvalue weighted by molar-refractivity contribution is 5.77. The summed E-state index contributed by atoms with van der Waals surface area (Å²) in [6, 6.07) is 6.75. The molecule has 2 heterocycles. The van der Waals surface area contributed by atoms with Gasteiger partial charge in [0, 0.05) is 32.6 Å². The van der Waals surface area contributed by atoms with E-state index in [1.807, 2.05) is 0 Å². The van der Waals surface area contributed by atoms with Gasteiger partial charge in [0.05, 0.1) is 11.0 Å². The second-order valence-electron chi connectivity index (χ2n) is 5.56. The van der Waals surface area contributed by atoms with E-state index in [4.69, 9.17) is 4.98 Å². The molecule has 0 unspecified atom stereocenters. The molecule has 0 saturated carbocycles. The standard InChI is InChI=1S/C15H22N4/c1-18(2)9-6-12-3-4-14-13(11-12)17-15-5-7-16-8-10-19(14)15/h3-4,11,16H,5-10H2,1-2H3. The maximum absolute atomic E-state index is 4.81. The van der Waals surface area contributed by atoms with E-state index in [9.17, 15) is 0 Å². The molecule has 0 atom stereocenters. The first-order valence-corrected chi connectivity index (χ1v) is 7.07. The number of aromatic nitrogens is 2. The van der Waals surface area contributed by atoms with Gasteiger partial charge in [-0.25, -0.2) is 4.98 Å². The van der Waals surface area contributed by atoms with E-state index in [1.165, 1.54) is 16.9 Å². The van der Waals surface area contributed by atoms with Gasteiger partial charge in [0.1, 0.15) is 5.82 Å².